The molecule has 0 fully saturated rings. The van der Waals surface area contributed by atoms with Crippen LogP contribution in [0.2, 0.25) is 0 Å². The van der Waals surface area contributed by atoms with Gasteiger partial charge in [-0.05, 0) is 30.5 Å². The number of hydrogen-bond donors (Lipinski definition) is 2. The topological polar surface area (TPSA) is 71.1 Å². The Morgan fingerprint density at radius 1 is 0.610 bits per heavy atom. The molecule has 236 valence electrons. The molecule has 2 amide bonds. The number of amides is 2. The monoisotopic (exact) mass is 572 g/mol. The van der Waals surface area contributed by atoms with E-state index in [-0.39, 0.29) is 11.8 Å². The van der Waals surface area contributed by atoms with E-state index < -0.39 is 6.04 Å². The normalized spacial score (nSPS) is 11.9. The molecule has 0 aromatic carbocycles. The summed E-state index contributed by atoms with van der Waals surface area (Å²) >= 11 is 0. The Labute approximate surface area is 253 Å². The Balaban J connectivity index is 2.20. The van der Waals surface area contributed by atoms with Gasteiger partial charge in [-0.15, -0.1) is 0 Å². The van der Waals surface area contributed by atoms with Gasteiger partial charge in [-0.1, -0.05) is 149 Å². The Kier molecular flexibility index (Phi) is 25.5. The smallest absolute Gasteiger partial charge is 0.242 e. The van der Waals surface area contributed by atoms with Gasteiger partial charge < -0.3 is 10.6 Å². The van der Waals surface area contributed by atoms with Crippen molar-refractivity contribution < 1.29 is 9.59 Å². The molecule has 41 heavy (non-hydrogen) atoms. The van der Waals surface area contributed by atoms with E-state index >= 15 is 0 Å². The second kappa shape index (κ2) is 28.2. The van der Waals surface area contributed by atoms with Gasteiger partial charge in [-0.3, -0.25) is 14.6 Å². The predicted molar refractivity (Wildman–Crippen MR) is 175 cm³/mol. The maximum atomic E-state index is 13.0. The Morgan fingerprint density at radius 3 is 1.49 bits per heavy atom. The zero-order valence-corrected chi connectivity index (χ0v) is 27.0. The molecule has 1 aromatic rings. The molecule has 0 aliphatic carbocycles. The zero-order chi connectivity index (χ0) is 29.6. The highest BCUT2D eigenvalue weighted by atomic mass is 16.2. The number of carbonyl (C=O) groups excluding carboxylic acids is 2. The number of carbonyl (C=O) groups is 2. The van der Waals surface area contributed by atoms with Crippen LogP contribution in [0.25, 0.3) is 0 Å². The highest BCUT2D eigenvalue weighted by Crippen LogP contribution is 2.13. The van der Waals surface area contributed by atoms with E-state index in [0.29, 0.717) is 19.4 Å². The lowest BCUT2D eigenvalue weighted by atomic mass is 10.0. The molecule has 1 rings (SSSR count). The number of aromatic nitrogens is 1. The van der Waals surface area contributed by atoms with Crippen molar-refractivity contribution in [3.8, 4) is 0 Å². The predicted octanol–water partition coefficient (Wildman–Crippen LogP) is 9.63. The Bertz CT molecular complexity index is 725. The second-order valence-corrected chi connectivity index (χ2v) is 12.1. The van der Waals surface area contributed by atoms with Crippen molar-refractivity contribution in [3.05, 3.63) is 30.1 Å². The lowest BCUT2D eigenvalue weighted by Crippen LogP contribution is -2.48. The van der Waals surface area contributed by atoms with Gasteiger partial charge in [0.2, 0.25) is 11.8 Å². The van der Waals surface area contributed by atoms with Gasteiger partial charge in [0.15, 0.2) is 0 Å². The molecular weight excluding hydrogens is 506 g/mol. The maximum Gasteiger partial charge on any atom is 0.242 e. The van der Waals surface area contributed by atoms with Gasteiger partial charge in [0.05, 0.1) is 0 Å². The van der Waals surface area contributed by atoms with E-state index in [4.69, 9.17) is 0 Å². The van der Waals surface area contributed by atoms with Crippen LogP contribution in [-0.4, -0.2) is 29.4 Å². The molecule has 1 aromatic heterocycles. The largest absolute Gasteiger partial charge is 0.354 e. The molecule has 5 nitrogen and oxygen atoms in total. The molecule has 1 unspecified atom stereocenters. The average molecular weight is 572 g/mol. The third-order valence-electron chi connectivity index (χ3n) is 8.18. The molecule has 0 saturated carbocycles. The van der Waals surface area contributed by atoms with Gasteiger partial charge >= 0.3 is 0 Å². The quantitative estimate of drug-likeness (QED) is 0.0940. The van der Waals surface area contributed by atoms with E-state index in [1.165, 1.54) is 122 Å². The zero-order valence-electron chi connectivity index (χ0n) is 27.0. The summed E-state index contributed by atoms with van der Waals surface area (Å²) in [6, 6.07) is 3.30. The first-order valence-electron chi connectivity index (χ1n) is 17.6. The van der Waals surface area contributed by atoms with Crippen LogP contribution in [0, 0.1) is 0 Å². The first-order chi connectivity index (χ1) is 20.2. The fraction of sp³-hybridized carbons (Fsp3) is 0.806. The van der Waals surface area contributed by atoms with Crippen molar-refractivity contribution in [1.29, 1.82) is 0 Å². The van der Waals surface area contributed by atoms with Gasteiger partial charge in [-0.25, -0.2) is 0 Å². The molecule has 0 aliphatic rings. The minimum absolute atomic E-state index is 0.0134. The van der Waals surface area contributed by atoms with E-state index in [1.54, 1.807) is 12.4 Å². The SMILES string of the molecule is CCCCCCCCCCCCCCNC(=O)C(Cc1ccncc1)NC(=O)CCCCCCCCCCCCC. The lowest BCUT2D eigenvalue weighted by molar-refractivity contribution is -0.129. The van der Waals surface area contributed by atoms with E-state index in [2.05, 4.69) is 29.5 Å². The number of hydrogen-bond acceptors (Lipinski definition) is 3. The van der Waals surface area contributed by atoms with Crippen molar-refractivity contribution in [2.75, 3.05) is 6.54 Å². The molecule has 0 saturated heterocycles. The summed E-state index contributed by atoms with van der Waals surface area (Å²) in [5.74, 6) is -0.0855. The molecule has 5 heteroatoms. The van der Waals surface area contributed by atoms with Crippen LogP contribution in [0.15, 0.2) is 24.5 Å². The number of rotatable bonds is 29. The van der Waals surface area contributed by atoms with Crippen LogP contribution < -0.4 is 10.6 Å². The van der Waals surface area contributed by atoms with Crippen molar-refractivity contribution >= 4 is 11.8 Å². The van der Waals surface area contributed by atoms with Crippen molar-refractivity contribution in [2.24, 2.45) is 0 Å². The van der Waals surface area contributed by atoms with Crippen LogP contribution in [0.3, 0.4) is 0 Å². The van der Waals surface area contributed by atoms with Crippen molar-refractivity contribution in [1.82, 2.24) is 15.6 Å². The molecule has 1 atom stereocenters. The summed E-state index contributed by atoms with van der Waals surface area (Å²) in [4.78, 5) is 29.8. The minimum atomic E-state index is -0.532. The molecule has 0 bridgehead atoms. The summed E-state index contributed by atoms with van der Waals surface area (Å²) in [5, 5.41) is 6.11. The summed E-state index contributed by atoms with van der Waals surface area (Å²) in [7, 11) is 0. The second-order valence-electron chi connectivity index (χ2n) is 12.1. The Morgan fingerprint density at radius 2 is 1.02 bits per heavy atom. The van der Waals surface area contributed by atoms with Crippen molar-refractivity contribution in [3.63, 3.8) is 0 Å². The number of unbranched alkanes of at least 4 members (excludes halogenated alkanes) is 21. The summed E-state index contributed by atoms with van der Waals surface area (Å²) in [6.07, 6.45) is 34.0. The van der Waals surface area contributed by atoms with E-state index in [1.807, 2.05) is 12.1 Å². The van der Waals surface area contributed by atoms with Gasteiger partial charge in [0.25, 0.3) is 0 Å². The van der Waals surface area contributed by atoms with Crippen LogP contribution >= 0.6 is 0 Å². The lowest BCUT2D eigenvalue weighted by Gasteiger charge is -2.19. The molecule has 2 N–H and O–H groups in total. The fourth-order valence-electron chi connectivity index (χ4n) is 5.48. The average Bonchev–Trinajstić information content (AvgIpc) is 2.98. The van der Waals surface area contributed by atoms with Crippen LogP contribution in [0.5, 0.6) is 0 Å². The first-order valence-corrected chi connectivity index (χ1v) is 17.6. The molecular formula is C36H65N3O2. The van der Waals surface area contributed by atoms with Gasteiger partial charge in [0, 0.05) is 31.8 Å². The van der Waals surface area contributed by atoms with E-state index in [9.17, 15) is 9.59 Å². The van der Waals surface area contributed by atoms with Crippen LogP contribution in [-0.2, 0) is 16.0 Å². The van der Waals surface area contributed by atoms with E-state index in [0.717, 1.165) is 31.2 Å². The highest BCUT2D eigenvalue weighted by Gasteiger charge is 2.20. The highest BCUT2D eigenvalue weighted by molar-refractivity contribution is 5.87. The summed E-state index contributed by atoms with van der Waals surface area (Å²) in [6.45, 7) is 5.21. The van der Waals surface area contributed by atoms with Crippen molar-refractivity contribution in [2.45, 2.75) is 180 Å². The fourth-order valence-corrected chi connectivity index (χ4v) is 5.48. The number of nitrogens with zero attached hydrogens (tertiary/aromatic N) is 1. The molecule has 1 heterocycles. The molecule has 0 spiro atoms. The van der Waals surface area contributed by atoms with Crippen LogP contribution in [0.4, 0.5) is 0 Å². The van der Waals surface area contributed by atoms with Gasteiger partial charge in [0.1, 0.15) is 6.04 Å². The van der Waals surface area contributed by atoms with Crippen LogP contribution in [0.1, 0.15) is 174 Å². The first kappa shape index (κ1) is 37.1. The minimum Gasteiger partial charge on any atom is -0.354 e. The number of pyridine rings is 1. The molecule has 0 radical (unpaired) electrons. The maximum absolute atomic E-state index is 13.0. The standard InChI is InChI=1S/C36H65N3O2/c1-3-5-7-9-11-13-15-17-19-21-23-25-29-38-36(41)34(32-33-27-30-37-31-28-33)39-35(40)26-24-22-20-18-16-14-12-10-8-6-4-2/h27-28,30-31,34H,3-26,29,32H2,1-2H3,(H,38,41)(H,39,40). The number of nitrogens with one attached hydrogen (secondary N) is 2. The summed E-state index contributed by atoms with van der Waals surface area (Å²) < 4.78 is 0. The van der Waals surface area contributed by atoms with Gasteiger partial charge in [-0.2, -0.15) is 0 Å². The summed E-state index contributed by atoms with van der Waals surface area (Å²) in [5.41, 5.74) is 1.01. The Hall–Kier alpha value is -1.91. The molecule has 0 aliphatic heterocycles. The third-order valence-corrected chi connectivity index (χ3v) is 8.18. The third kappa shape index (κ3) is 23.4.